The topological polar surface area (TPSA) is 38.9 Å². The fourth-order valence-corrected chi connectivity index (χ4v) is 3.15. The largest absolute Gasteiger partial charge is 0.327 e. The third kappa shape index (κ3) is 1.13. The molecule has 0 bridgehead atoms. The molecule has 0 amide bonds. The molecular formula is C8H11BrN2S. The minimum atomic E-state index is 0.247. The molecule has 0 aromatic carbocycles. The van der Waals surface area contributed by atoms with Crippen molar-refractivity contribution in [2.75, 3.05) is 0 Å². The zero-order valence-corrected chi connectivity index (χ0v) is 9.45. The summed E-state index contributed by atoms with van der Waals surface area (Å²) in [6.45, 7) is 4.38. The fourth-order valence-electron chi connectivity index (χ4n) is 1.56. The lowest BCUT2D eigenvalue weighted by Crippen LogP contribution is -2.06. The van der Waals surface area contributed by atoms with Crippen LogP contribution in [0.25, 0.3) is 0 Å². The summed E-state index contributed by atoms with van der Waals surface area (Å²) in [7, 11) is 0. The van der Waals surface area contributed by atoms with E-state index in [0.717, 1.165) is 3.79 Å². The van der Waals surface area contributed by atoms with Crippen LogP contribution in [0.1, 0.15) is 24.8 Å². The van der Waals surface area contributed by atoms with Gasteiger partial charge < -0.3 is 5.73 Å². The summed E-state index contributed by atoms with van der Waals surface area (Å²) in [4.78, 5) is 4.32. The van der Waals surface area contributed by atoms with E-state index in [1.54, 1.807) is 11.3 Å². The van der Waals surface area contributed by atoms with E-state index >= 15 is 0 Å². The number of aromatic nitrogens is 1. The van der Waals surface area contributed by atoms with Crippen LogP contribution >= 0.6 is 27.3 Å². The Morgan fingerprint density at radius 3 is 2.58 bits per heavy atom. The highest BCUT2D eigenvalue weighted by molar-refractivity contribution is 9.11. The molecule has 2 rings (SSSR count). The molecule has 0 aliphatic heterocycles. The predicted molar refractivity (Wildman–Crippen MR) is 54.3 cm³/mol. The Bertz CT molecular complexity index is 308. The summed E-state index contributed by atoms with van der Waals surface area (Å²) in [6, 6.07) is 0.288. The van der Waals surface area contributed by atoms with Crippen molar-refractivity contribution in [2.45, 2.75) is 25.8 Å². The molecule has 66 valence electrons. The zero-order chi connectivity index (χ0) is 8.93. The summed E-state index contributed by atoms with van der Waals surface area (Å²) < 4.78 is 1.09. The number of rotatable bonds is 1. The Morgan fingerprint density at radius 1 is 1.67 bits per heavy atom. The SMILES string of the molecule is CC1(C)C(N)C1c1ncc(Br)s1. The summed E-state index contributed by atoms with van der Waals surface area (Å²) >= 11 is 5.09. The molecule has 2 nitrogen and oxygen atoms in total. The van der Waals surface area contributed by atoms with Gasteiger partial charge >= 0.3 is 0 Å². The van der Waals surface area contributed by atoms with Gasteiger partial charge in [-0.2, -0.15) is 0 Å². The van der Waals surface area contributed by atoms with Gasteiger partial charge in [-0.1, -0.05) is 13.8 Å². The zero-order valence-electron chi connectivity index (χ0n) is 7.04. The molecule has 1 aliphatic rings. The Balaban J connectivity index is 2.24. The number of nitrogens with zero attached hydrogens (tertiary/aromatic N) is 1. The summed E-state index contributed by atoms with van der Waals surface area (Å²) in [5.41, 5.74) is 6.18. The number of thiazole rings is 1. The van der Waals surface area contributed by atoms with E-state index in [4.69, 9.17) is 5.73 Å². The van der Waals surface area contributed by atoms with Gasteiger partial charge in [0.15, 0.2) is 0 Å². The quantitative estimate of drug-likeness (QED) is 0.827. The van der Waals surface area contributed by atoms with E-state index in [9.17, 15) is 0 Å². The van der Waals surface area contributed by atoms with Crippen molar-refractivity contribution >= 4 is 27.3 Å². The second kappa shape index (κ2) is 2.53. The van der Waals surface area contributed by atoms with E-state index in [2.05, 4.69) is 34.8 Å². The van der Waals surface area contributed by atoms with Crippen LogP contribution in [0, 0.1) is 5.41 Å². The van der Waals surface area contributed by atoms with Gasteiger partial charge in [0.25, 0.3) is 0 Å². The van der Waals surface area contributed by atoms with E-state index in [1.807, 2.05) is 6.20 Å². The summed E-state index contributed by atoms with van der Waals surface area (Å²) in [5.74, 6) is 0.466. The predicted octanol–water partition coefficient (Wildman–Crippen LogP) is 2.36. The maximum absolute atomic E-state index is 5.94. The van der Waals surface area contributed by atoms with Crippen LogP contribution in [0.3, 0.4) is 0 Å². The average Bonchev–Trinajstić information content (AvgIpc) is 2.38. The maximum atomic E-state index is 5.94. The molecule has 1 fully saturated rings. The number of halogens is 1. The Kier molecular flexibility index (Phi) is 1.82. The van der Waals surface area contributed by atoms with Crippen LogP contribution in [0.2, 0.25) is 0 Å². The van der Waals surface area contributed by atoms with Gasteiger partial charge in [0.05, 0.1) is 15.0 Å². The molecule has 1 aromatic heterocycles. The molecule has 1 aliphatic carbocycles. The molecule has 0 saturated heterocycles. The first-order valence-electron chi connectivity index (χ1n) is 3.90. The minimum absolute atomic E-state index is 0.247. The fraction of sp³-hybridized carbons (Fsp3) is 0.625. The van der Waals surface area contributed by atoms with E-state index in [0.29, 0.717) is 5.92 Å². The number of hydrogen-bond acceptors (Lipinski definition) is 3. The van der Waals surface area contributed by atoms with Crippen LogP contribution in [-0.2, 0) is 0 Å². The molecule has 12 heavy (non-hydrogen) atoms. The van der Waals surface area contributed by atoms with Crippen molar-refractivity contribution < 1.29 is 0 Å². The smallest absolute Gasteiger partial charge is 0.0989 e. The van der Waals surface area contributed by atoms with Gasteiger partial charge in [-0.25, -0.2) is 4.98 Å². The van der Waals surface area contributed by atoms with Crippen LogP contribution in [0.5, 0.6) is 0 Å². The van der Waals surface area contributed by atoms with Crippen molar-refractivity contribution in [3.8, 4) is 0 Å². The van der Waals surface area contributed by atoms with Gasteiger partial charge in [-0.15, -0.1) is 11.3 Å². The number of nitrogens with two attached hydrogens (primary N) is 1. The molecular weight excluding hydrogens is 236 g/mol. The highest BCUT2D eigenvalue weighted by atomic mass is 79.9. The average molecular weight is 247 g/mol. The molecule has 0 radical (unpaired) electrons. The highest BCUT2D eigenvalue weighted by Gasteiger charge is 2.57. The van der Waals surface area contributed by atoms with E-state index in [-0.39, 0.29) is 11.5 Å². The third-order valence-electron chi connectivity index (χ3n) is 2.67. The second-order valence-electron chi connectivity index (χ2n) is 3.83. The lowest BCUT2D eigenvalue weighted by atomic mass is 10.1. The van der Waals surface area contributed by atoms with Crippen molar-refractivity contribution in [1.29, 1.82) is 0 Å². The van der Waals surface area contributed by atoms with Crippen LogP contribution in [0.15, 0.2) is 9.98 Å². The first kappa shape index (κ1) is 8.66. The van der Waals surface area contributed by atoms with Crippen LogP contribution in [0.4, 0.5) is 0 Å². The molecule has 2 unspecified atom stereocenters. The van der Waals surface area contributed by atoms with Gasteiger partial charge in [0.2, 0.25) is 0 Å². The van der Waals surface area contributed by atoms with Crippen molar-refractivity contribution in [1.82, 2.24) is 4.98 Å². The first-order chi connectivity index (χ1) is 5.53. The van der Waals surface area contributed by atoms with Gasteiger partial charge in [0.1, 0.15) is 0 Å². The van der Waals surface area contributed by atoms with E-state index < -0.39 is 0 Å². The molecule has 1 saturated carbocycles. The van der Waals surface area contributed by atoms with Crippen LogP contribution < -0.4 is 5.73 Å². The molecule has 2 N–H and O–H groups in total. The molecule has 4 heteroatoms. The number of hydrogen-bond donors (Lipinski definition) is 1. The third-order valence-corrected chi connectivity index (χ3v) is 4.23. The van der Waals surface area contributed by atoms with Crippen molar-refractivity contribution in [3.63, 3.8) is 0 Å². The minimum Gasteiger partial charge on any atom is -0.327 e. The Hall–Kier alpha value is 0.0700. The molecule has 0 spiro atoms. The maximum Gasteiger partial charge on any atom is 0.0989 e. The van der Waals surface area contributed by atoms with Crippen molar-refractivity contribution in [3.05, 3.63) is 15.0 Å². The lowest BCUT2D eigenvalue weighted by molar-refractivity contribution is 0.598. The molecule has 1 heterocycles. The van der Waals surface area contributed by atoms with Crippen molar-refractivity contribution in [2.24, 2.45) is 11.1 Å². The summed E-state index contributed by atoms with van der Waals surface area (Å²) in [5, 5.41) is 1.17. The molecule has 2 atom stereocenters. The standard InChI is InChI=1S/C8H11BrN2S/c1-8(2)5(6(8)10)7-11-3-4(9)12-7/h3,5-6H,10H2,1-2H3. The first-order valence-corrected chi connectivity index (χ1v) is 5.51. The summed E-state index contributed by atoms with van der Waals surface area (Å²) in [6.07, 6.45) is 1.85. The normalized spacial score (nSPS) is 32.0. The molecule has 1 aromatic rings. The highest BCUT2D eigenvalue weighted by Crippen LogP contribution is 2.58. The van der Waals surface area contributed by atoms with Gasteiger partial charge in [-0.05, 0) is 21.3 Å². The lowest BCUT2D eigenvalue weighted by Gasteiger charge is -1.96. The van der Waals surface area contributed by atoms with Crippen LogP contribution in [-0.4, -0.2) is 11.0 Å². The monoisotopic (exact) mass is 246 g/mol. The Morgan fingerprint density at radius 2 is 2.25 bits per heavy atom. The van der Waals surface area contributed by atoms with Gasteiger partial charge in [-0.3, -0.25) is 0 Å². The second-order valence-corrected chi connectivity index (χ2v) is 6.27. The van der Waals surface area contributed by atoms with Gasteiger partial charge in [0, 0.05) is 12.0 Å². The van der Waals surface area contributed by atoms with E-state index in [1.165, 1.54) is 5.01 Å². The Labute approximate surface area is 84.3 Å².